The van der Waals surface area contributed by atoms with E-state index in [0.717, 1.165) is 16.8 Å². The molecule has 0 bridgehead atoms. The van der Waals surface area contributed by atoms with Gasteiger partial charge in [-0.25, -0.2) is 0 Å². The smallest absolute Gasteiger partial charge is 0.241 e. The van der Waals surface area contributed by atoms with Crippen LogP contribution in [0.15, 0.2) is 36.7 Å². The summed E-state index contributed by atoms with van der Waals surface area (Å²) >= 11 is 0. The Bertz CT molecular complexity index is 563. The van der Waals surface area contributed by atoms with Crippen molar-refractivity contribution < 1.29 is 9.53 Å². The molecule has 1 amide bonds. The van der Waals surface area contributed by atoms with E-state index in [4.69, 9.17) is 10.5 Å². The molecule has 0 radical (unpaired) electrons. The van der Waals surface area contributed by atoms with Gasteiger partial charge in [0, 0.05) is 31.1 Å². The average molecular weight is 274 g/mol. The first-order chi connectivity index (χ1) is 9.69. The quantitative estimate of drug-likeness (QED) is 0.605. The maximum absolute atomic E-state index is 11.6. The van der Waals surface area contributed by atoms with E-state index in [2.05, 4.69) is 10.4 Å². The van der Waals surface area contributed by atoms with Crippen LogP contribution in [0.2, 0.25) is 0 Å². The van der Waals surface area contributed by atoms with Gasteiger partial charge in [0.2, 0.25) is 5.91 Å². The predicted molar refractivity (Wildman–Crippen MR) is 77.0 cm³/mol. The SMILES string of the molecule is COCCNC(=O)Cn1cc(-c2ccc(N)cc2)cn1. The van der Waals surface area contributed by atoms with Gasteiger partial charge in [-0.1, -0.05) is 12.1 Å². The number of carbonyl (C=O) groups excluding carboxylic acids is 1. The Labute approximate surface area is 117 Å². The van der Waals surface area contributed by atoms with Crippen LogP contribution in [0.4, 0.5) is 5.69 Å². The van der Waals surface area contributed by atoms with Gasteiger partial charge in [0.15, 0.2) is 0 Å². The summed E-state index contributed by atoms with van der Waals surface area (Å²) in [5, 5.41) is 6.92. The maximum atomic E-state index is 11.6. The van der Waals surface area contributed by atoms with Gasteiger partial charge in [0.1, 0.15) is 6.54 Å². The second kappa shape index (κ2) is 6.72. The van der Waals surface area contributed by atoms with E-state index in [-0.39, 0.29) is 12.5 Å². The van der Waals surface area contributed by atoms with Crippen LogP contribution in [-0.2, 0) is 16.1 Å². The monoisotopic (exact) mass is 274 g/mol. The van der Waals surface area contributed by atoms with Crippen molar-refractivity contribution in [3.63, 3.8) is 0 Å². The van der Waals surface area contributed by atoms with Crippen LogP contribution in [-0.4, -0.2) is 35.9 Å². The normalized spacial score (nSPS) is 10.4. The summed E-state index contributed by atoms with van der Waals surface area (Å²) in [4.78, 5) is 11.6. The molecule has 0 fully saturated rings. The molecular weight excluding hydrogens is 256 g/mol. The Hall–Kier alpha value is -2.34. The number of nitrogens with zero attached hydrogens (tertiary/aromatic N) is 2. The van der Waals surface area contributed by atoms with Crippen molar-refractivity contribution >= 4 is 11.6 Å². The zero-order valence-corrected chi connectivity index (χ0v) is 11.4. The minimum Gasteiger partial charge on any atom is -0.399 e. The van der Waals surface area contributed by atoms with Gasteiger partial charge in [-0.2, -0.15) is 5.10 Å². The molecule has 0 atom stereocenters. The summed E-state index contributed by atoms with van der Waals surface area (Å²) in [5.74, 6) is -0.0889. The summed E-state index contributed by atoms with van der Waals surface area (Å²) in [6.07, 6.45) is 3.56. The Morgan fingerprint density at radius 3 is 2.80 bits per heavy atom. The average Bonchev–Trinajstić information content (AvgIpc) is 2.88. The lowest BCUT2D eigenvalue weighted by Crippen LogP contribution is -2.30. The number of benzene rings is 1. The molecule has 0 aliphatic heterocycles. The largest absolute Gasteiger partial charge is 0.399 e. The summed E-state index contributed by atoms with van der Waals surface area (Å²) in [6.45, 7) is 1.20. The molecule has 106 valence electrons. The molecule has 1 heterocycles. The molecule has 20 heavy (non-hydrogen) atoms. The topological polar surface area (TPSA) is 82.2 Å². The number of nitrogens with two attached hydrogens (primary N) is 1. The van der Waals surface area contributed by atoms with Crippen molar-refractivity contribution in [1.29, 1.82) is 0 Å². The van der Waals surface area contributed by atoms with E-state index in [0.29, 0.717) is 13.2 Å². The number of ether oxygens (including phenoxy) is 1. The zero-order chi connectivity index (χ0) is 14.4. The van der Waals surface area contributed by atoms with Crippen molar-refractivity contribution in [3.8, 4) is 11.1 Å². The lowest BCUT2D eigenvalue weighted by Gasteiger charge is -2.04. The van der Waals surface area contributed by atoms with E-state index < -0.39 is 0 Å². The fraction of sp³-hybridized carbons (Fsp3) is 0.286. The van der Waals surface area contributed by atoms with Crippen LogP contribution < -0.4 is 11.1 Å². The van der Waals surface area contributed by atoms with E-state index in [1.807, 2.05) is 30.5 Å². The van der Waals surface area contributed by atoms with Gasteiger partial charge in [0.25, 0.3) is 0 Å². The number of rotatable bonds is 6. The van der Waals surface area contributed by atoms with Gasteiger partial charge in [-0.15, -0.1) is 0 Å². The minimum atomic E-state index is -0.0889. The van der Waals surface area contributed by atoms with Gasteiger partial charge in [0.05, 0.1) is 12.8 Å². The van der Waals surface area contributed by atoms with Crippen molar-refractivity contribution in [2.45, 2.75) is 6.54 Å². The van der Waals surface area contributed by atoms with Crippen molar-refractivity contribution in [2.24, 2.45) is 0 Å². The lowest BCUT2D eigenvalue weighted by atomic mass is 10.1. The molecule has 2 aromatic rings. The third-order valence-corrected chi connectivity index (χ3v) is 2.81. The standard InChI is InChI=1S/C14H18N4O2/c1-20-7-6-16-14(19)10-18-9-12(8-17-18)11-2-4-13(15)5-3-11/h2-5,8-9H,6-7,10,15H2,1H3,(H,16,19). The third-order valence-electron chi connectivity index (χ3n) is 2.81. The first-order valence-corrected chi connectivity index (χ1v) is 6.33. The van der Waals surface area contributed by atoms with Crippen LogP contribution in [0.3, 0.4) is 0 Å². The molecule has 0 aliphatic rings. The molecule has 1 aromatic carbocycles. The van der Waals surface area contributed by atoms with Crippen molar-refractivity contribution in [1.82, 2.24) is 15.1 Å². The molecule has 0 unspecified atom stereocenters. The summed E-state index contributed by atoms with van der Waals surface area (Å²) < 4.78 is 6.47. The van der Waals surface area contributed by atoms with Crippen LogP contribution in [0, 0.1) is 0 Å². The van der Waals surface area contributed by atoms with Crippen LogP contribution in [0.25, 0.3) is 11.1 Å². The number of methoxy groups -OCH3 is 1. The molecule has 1 aromatic heterocycles. The molecule has 3 N–H and O–H groups in total. The van der Waals surface area contributed by atoms with Crippen LogP contribution >= 0.6 is 0 Å². The Kier molecular flexibility index (Phi) is 4.73. The predicted octanol–water partition coefficient (Wildman–Crippen LogP) is 0.895. The fourth-order valence-corrected chi connectivity index (χ4v) is 1.77. The van der Waals surface area contributed by atoms with Crippen LogP contribution in [0.1, 0.15) is 0 Å². The number of nitrogen functional groups attached to an aromatic ring is 1. The summed E-state index contributed by atoms with van der Waals surface area (Å²) in [5.41, 5.74) is 8.34. The first-order valence-electron chi connectivity index (χ1n) is 6.33. The minimum absolute atomic E-state index is 0.0889. The van der Waals surface area contributed by atoms with E-state index in [1.54, 1.807) is 18.0 Å². The molecule has 6 heteroatoms. The van der Waals surface area contributed by atoms with Crippen molar-refractivity contribution in [3.05, 3.63) is 36.7 Å². The molecule has 0 spiro atoms. The number of nitrogens with one attached hydrogen (secondary N) is 1. The Morgan fingerprint density at radius 1 is 1.35 bits per heavy atom. The summed E-state index contributed by atoms with van der Waals surface area (Å²) in [6, 6.07) is 7.53. The highest BCUT2D eigenvalue weighted by Gasteiger charge is 2.05. The number of anilines is 1. The fourth-order valence-electron chi connectivity index (χ4n) is 1.77. The first kappa shape index (κ1) is 14.1. The number of amides is 1. The van der Waals surface area contributed by atoms with E-state index >= 15 is 0 Å². The molecule has 2 rings (SSSR count). The van der Waals surface area contributed by atoms with Gasteiger partial charge in [-0.05, 0) is 17.7 Å². The highest BCUT2D eigenvalue weighted by molar-refractivity contribution is 5.75. The van der Waals surface area contributed by atoms with Crippen LogP contribution in [0.5, 0.6) is 0 Å². The summed E-state index contributed by atoms with van der Waals surface area (Å²) in [7, 11) is 1.60. The van der Waals surface area contributed by atoms with E-state index in [9.17, 15) is 4.79 Å². The maximum Gasteiger partial charge on any atom is 0.241 e. The van der Waals surface area contributed by atoms with Crippen molar-refractivity contribution in [2.75, 3.05) is 26.0 Å². The third kappa shape index (κ3) is 3.83. The van der Waals surface area contributed by atoms with E-state index in [1.165, 1.54) is 0 Å². The second-order valence-corrected chi connectivity index (χ2v) is 4.39. The molecule has 0 saturated heterocycles. The van der Waals surface area contributed by atoms with Gasteiger partial charge >= 0.3 is 0 Å². The lowest BCUT2D eigenvalue weighted by molar-refractivity contribution is -0.122. The number of carbonyl (C=O) groups is 1. The molecule has 6 nitrogen and oxygen atoms in total. The zero-order valence-electron chi connectivity index (χ0n) is 11.4. The molecule has 0 saturated carbocycles. The van der Waals surface area contributed by atoms with Gasteiger partial charge < -0.3 is 15.8 Å². The van der Waals surface area contributed by atoms with Gasteiger partial charge in [-0.3, -0.25) is 9.48 Å². The number of aromatic nitrogens is 2. The highest BCUT2D eigenvalue weighted by atomic mass is 16.5. The highest BCUT2D eigenvalue weighted by Crippen LogP contribution is 2.19. The second-order valence-electron chi connectivity index (χ2n) is 4.39. The molecule has 0 aliphatic carbocycles. The number of hydrogen-bond donors (Lipinski definition) is 2. The number of hydrogen-bond acceptors (Lipinski definition) is 4. The Morgan fingerprint density at radius 2 is 2.10 bits per heavy atom. The molecular formula is C14H18N4O2. The Balaban J connectivity index is 1.95.